The van der Waals surface area contributed by atoms with Gasteiger partial charge in [0.1, 0.15) is 5.82 Å². The van der Waals surface area contributed by atoms with Crippen molar-refractivity contribution in [1.82, 2.24) is 25.4 Å². The predicted molar refractivity (Wildman–Crippen MR) is 83.3 cm³/mol. The van der Waals surface area contributed by atoms with Crippen molar-refractivity contribution >= 4 is 6.03 Å². The molecular weight excluding hydrogens is 282 g/mol. The molecule has 3 N–H and O–H groups in total. The number of aliphatic hydroxyl groups excluding tert-OH is 1. The number of amides is 2. The zero-order chi connectivity index (χ0) is 16.2. The first-order valence-electron chi connectivity index (χ1n) is 7.95. The van der Waals surface area contributed by atoms with Crippen LogP contribution in [-0.4, -0.2) is 38.6 Å². The number of hydrogen-bond donors (Lipinski definition) is 3. The van der Waals surface area contributed by atoms with Gasteiger partial charge in [0.05, 0.1) is 19.2 Å². The molecule has 2 rings (SSSR count). The molecule has 0 saturated heterocycles. The van der Waals surface area contributed by atoms with E-state index in [0.717, 1.165) is 43.9 Å². The Bertz CT molecular complexity index is 507. The summed E-state index contributed by atoms with van der Waals surface area (Å²) in [5.74, 6) is 1.80. The highest BCUT2D eigenvalue weighted by molar-refractivity contribution is 5.74. The van der Waals surface area contributed by atoms with Crippen LogP contribution in [0.1, 0.15) is 51.7 Å². The van der Waals surface area contributed by atoms with Crippen LogP contribution in [0.4, 0.5) is 4.79 Å². The van der Waals surface area contributed by atoms with E-state index >= 15 is 0 Å². The first-order chi connectivity index (χ1) is 10.4. The molecule has 124 valence electrons. The summed E-state index contributed by atoms with van der Waals surface area (Å²) in [5, 5.41) is 23.3. The third kappa shape index (κ3) is 4.69. The summed E-state index contributed by atoms with van der Waals surface area (Å²) in [6.45, 7) is 7.45. The molecule has 0 aromatic carbocycles. The minimum atomic E-state index is -0.281. The van der Waals surface area contributed by atoms with E-state index in [1.165, 1.54) is 0 Å². The van der Waals surface area contributed by atoms with Gasteiger partial charge in [-0.05, 0) is 24.7 Å². The molecule has 0 fully saturated rings. The number of fused-ring (bicyclic) bond motifs is 1. The number of nitrogens with zero attached hydrogens (tertiary/aromatic N) is 3. The molecule has 1 aliphatic rings. The number of aryl methyl sites for hydroxylation is 1. The minimum Gasteiger partial charge on any atom is -0.394 e. The lowest BCUT2D eigenvalue weighted by molar-refractivity contribution is 0.190. The van der Waals surface area contributed by atoms with Crippen LogP contribution in [0.5, 0.6) is 0 Å². The molecule has 7 heteroatoms. The topological polar surface area (TPSA) is 92.1 Å². The molecule has 1 aromatic rings. The smallest absolute Gasteiger partial charge is 0.315 e. The lowest BCUT2D eigenvalue weighted by Crippen LogP contribution is -2.45. The average Bonchev–Trinajstić information content (AvgIpc) is 2.86. The summed E-state index contributed by atoms with van der Waals surface area (Å²) < 4.78 is 2.09. The van der Waals surface area contributed by atoms with Crippen molar-refractivity contribution in [3.8, 4) is 0 Å². The number of hydrogen-bond acceptors (Lipinski definition) is 4. The maximum atomic E-state index is 12.0. The number of aromatic nitrogens is 3. The van der Waals surface area contributed by atoms with Crippen molar-refractivity contribution in [2.75, 3.05) is 6.61 Å². The van der Waals surface area contributed by atoms with Crippen LogP contribution in [0.15, 0.2) is 0 Å². The van der Waals surface area contributed by atoms with Crippen LogP contribution in [0.25, 0.3) is 0 Å². The van der Waals surface area contributed by atoms with E-state index in [-0.39, 0.29) is 24.1 Å². The van der Waals surface area contributed by atoms with Gasteiger partial charge in [0.25, 0.3) is 0 Å². The van der Waals surface area contributed by atoms with Gasteiger partial charge in [-0.1, -0.05) is 20.8 Å². The van der Waals surface area contributed by atoms with Crippen LogP contribution in [-0.2, 0) is 19.5 Å². The highest BCUT2D eigenvalue weighted by Gasteiger charge is 2.20. The number of carbonyl (C=O) groups is 1. The van der Waals surface area contributed by atoms with Crippen LogP contribution >= 0.6 is 0 Å². The summed E-state index contributed by atoms with van der Waals surface area (Å²) >= 11 is 0. The van der Waals surface area contributed by atoms with E-state index in [9.17, 15) is 9.90 Å². The Hall–Kier alpha value is -1.63. The normalized spacial score (nSPS) is 16.0. The molecule has 1 aliphatic heterocycles. The van der Waals surface area contributed by atoms with E-state index in [1.807, 2.05) is 0 Å². The molecule has 0 spiro atoms. The average molecular weight is 309 g/mol. The van der Waals surface area contributed by atoms with Crippen LogP contribution in [0.3, 0.4) is 0 Å². The van der Waals surface area contributed by atoms with E-state index in [1.54, 1.807) is 0 Å². The van der Waals surface area contributed by atoms with Crippen molar-refractivity contribution in [3.63, 3.8) is 0 Å². The lowest BCUT2D eigenvalue weighted by atomic mass is 9.88. The van der Waals surface area contributed by atoms with Crippen molar-refractivity contribution in [1.29, 1.82) is 0 Å². The van der Waals surface area contributed by atoms with Gasteiger partial charge in [0.2, 0.25) is 0 Å². The second-order valence-electron chi connectivity index (χ2n) is 7.11. The Kier molecular flexibility index (Phi) is 5.39. The number of urea groups is 1. The van der Waals surface area contributed by atoms with Crippen molar-refractivity contribution < 1.29 is 9.90 Å². The first kappa shape index (κ1) is 16.7. The molecule has 0 aliphatic carbocycles. The van der Waals surface area contributed by atoms with Gasteiger partial charge < -0.3 is 20.3 Å². The second kappa shape index (κ2) is 7.09. The van der Waals surface area contributed by atoms with Gasteiger partial charge in [-0.2, -0.15) is 0 Å². The first-order valence-corrected chi connectivity index (χ1v) is 7.95. The number of aliphatic hydroxyl groups is 1. The Morgan fingerprint density at radius 3 is 2.82 bits per heavy atom. The Labute approximate surface area is 131 Å². The molecule has 1 atom stereocenters. The standard InChI is InChI=1S/C15H27N5O2/c1-15(2,3)8-11(10-21)17-14(22)16-9-13-19-18-12-6-4-5-7-20(12)13/h11,21H,4-10H2,1-3H3,(H2,16,17,22). The van der Waals surface area contributed by atoms with Gasteiger partial charge in [0, 0.05) is 13.0 Å². The van der Waals surface area contributed by atoms with Gasteiger partial charge in [-0.3, -0.25) is 0 Å². The van der Waals surface area contributed by atoms with E-state index in [0.29, 0.717) is 6.54 Å². The second-order valence-corrected chi connectivity index (χ2v) is 7.11. The maximum absolute atomic E-state index is 12.0. The minimum absolute atomic E-state index is 0.0484. The van der Waals surface area contributed by atoms with Gasteiger partial charge >= 0.3 is 6.03 Å². The zero-order valence-corrected chi connectivity index (χ0v) is 13.7. The fraction of sp³-hybridized carbons (Fsp3) is 0.800. The Morgan fingerprint density at radius 1 is 1.36 bits per heavy atom. The molecular formula is C15H27N5O2. The molecule has 1 aromatic heterocycles. The van der Waals surface area contributed by atoms with E-state index < -0.39 is 0 Å². The number of rotatable bonds is 5. The molecule has 22 heavy (non-hydrogen) atoms. The van der Waals surface area contributed by atoms with Gasteiger partial charge in [-0.25, -0.2) is 4.79 Å². The van der Waals surface area contributed by atoms with E-state index in [4.69, 9.17) is 0 Å². The number of carbonyl (C=O) groups excluding carboxylic acids is 1. The zero-order valence-electron chi connectivity index (χ0n) is 13.7. The van der Waals surface area contributed by atoms with Crippen LogP contribution in [0.2, 0.25) is 0 Å². The molecule has 0 bridgehead atoms. The predicted octanol–water partition coefficient (Wildman–Crippen LogP) is 1.21. The largest absolute Gasteiger partial charge is 0.394 e. The monoisotopic (exact) mass is 309 g/mol. The quantitative estimate of drug-likeness (QED) is 0.762. The maximum Gasteiger partial charge on any atom is 0.315 e. The number of nitrogens with one attached hydrogen (secondary N) is 2. The molecule has 1 unspecified atom stereocenters. The summed E-state index contributed by atoms with van der Waals surface area (Å²) in [7, 11) is 0. The Morgan fingerprint density at radius 2 is 2.14 bits per heavy atom. The molecule has 2 heterocycles. The van der Waals surface area contributed by atoms with Crippen molar-refractivity contribution in [3.05, 3.63) is 11.6 Å². The van der Waals surface area contributed by atoms with Gasteiger partial charge in [-0.15, -0.1) is 10.2 Å². The SMILES string of the molecule is CC(C)(C)CC(CO)NC(=O)NCc1nnc2n1CCCC2. The lowest BCUT2D eigenvalue weighted by Gasteiger charge is -2.25. The molecule has 0 radical (unpaired) electrons. The summed E-state index contributed by atoms with van der Waals surface area (Å²) in [4.78, 5) is 12.0. The summed E-state index contributed by atoms with van der Waals surface area (Å²) in [6, 6.07) is -0.524. The van der Waals surface area contributed by atoms with Crippen molar-refractivity contribution in [2.45, 2.75) is 65.6 Å². The van der Waals surface area contributed by atoms with E-state index in [2.05, 4.69) is 46.2 Å². The molecule has 0 saturated carbocycles. The fourth-order valence-electron chi connectivity index (χ4n) is 2.80. The third-order valence-electron chi connectivity index (χ3n) is 3.76. The Balaban J connectivity index is 1.83. The third-order valence-corrected chi connectivity index (χ3v) is 3.76. The van der Waals surface area contributed by atoms with Crippen molar-refractivity contribution in [2.24, 2.45) is 5.41 Å². The molecule has 2 amide bonds. The van der Waals surface area contributed by atoms with Crippen LogP contribution in [0, 0.1) is 5.41 Å². The van der Waals surface area contributed by atoms with Gasteiger partial charge in [0.15, 0.2) is 5.82 Å². The summed E-state index contributed by atoms with van der Waals surface area (Å²) in [5.41, 5.74) is 0.0484. The molecule has 7 nitrogen and oxygen atoms in total. The highest BCUT2D eigenvalue weighted by atomic mass is 16.3. The van der Waals surface area contributed by atoms with Crippen LogP contribution < -0.4 is 10.6 Å². The summed E-state index contributed by atoms with van der Waals surface area (Å²) in [6.07, 6.45) is 3.95. The highest BCUT2D eigenvalue weighted by Crippen LogP contribution is 2.20. The fourth-order valence-corrected chi connectivity index (χ4v) is 2.80.